The molecule has 0 amide bonds. The van der Waals surface area contributed by atoms with Gasteiger partial charge in [-0.1, -0.05) is 30.3 Å². The zero-order valence-electron chi connectivity index (χ0n) is 15.0. The first kappa shape index (κ1) is 17.5. The predicted octanol–water partition coefficient (Wildman–Crippen LogP) is 3.78. The molecule has 0 spiro atoms. The second kappa shape index (κ2) is 8.20. The summed E-state index contributed by atoms with van der Waals surface area (Å²) in [6.45, 7) is 0.523. The van der Waals surface area contributed by atoms with Crippen LogP contribution in [0.5, 0.6) is 17.2 Å². The van der Waals surface area contributed by atoms with E-state index in [1.807, 2.05) is 48.5 Å². The minimum Gasteiger partial charge on any atom is -0.493 e. The van der Waals surface area contributed by atoms with E-state index in [1.54, 1.807) is 27.5 Å². The van der Waals surface area contributed by atoms with Gasteiger partial charge in [-0.2, -0.15) is 0 Å². The van der Waals surface area contributed by atoms with Gasteiger partial charge in [0.15, 0.2) is 11.5 Å². The Bertz CT molecular complexity index is 844. The van der Waals surface area contributed by atoms with Crippen molar-refractivity contribution in [2.45, 2.75) is 6.54 Å². The van der Waals surface area contributed by atoms with Crippen LogP contribution in [0.3, 0.4) is 0 Å². The lowest BCUT2D eigenvalue weighted by atomic mass is 10.1. The van der Waals surface area contributed by atoms with Gasteiger partial charge in [-0.25, -0.2) is 9.97 Å². The summed E-state index contributed by atoms with van der Waals surface area (Å²) in [4.78, 5) is 8.86. The van der Waals surface area contributed by atoms with Gasteiger partial charge in [0.2, 0.25) is 11.7 Å². The van der Waals surface area contributed by atoms with Gasteiger partial charge in [-0.05, 0) is 23.8 Å². The Morgan fingerprint density at radius 3 is 2.19 bits per heavy atom. The van der Waals surface area contributed by atoms with E-state index in [2.05, 4.69) is 15.3 Å². The van der Waals surface area contributed by atoms with Crippen LogP contribution in [0.4, 0.5) is 5.95 Å². The molecule has 1 heterocycles. The van der Waals surface area contributed by atoms with Gasteiger partial charge in [0.1, 0.15) is 0 Å². The highest BCUT2D eigenvalue weighted by Crippen LogP contribution is 2.38. The predicted molar refractivity (Wildman–Crippen MR) is 101 cm³/mol. The summed E-state index contributed by atoms with van der Waals surface area (Å²) in [6, 6.07) is 15.7. The normalized spacial score (nSPS) is 10.3. The molecule has 134 valence electrons. The quantitative estimate of drug-likeness (QED) is 0.699. The number of anilines is 1. The SMILES string of the molecule is COc1cc(CNc2nccc(-c3ccccc3)n2)cc(OC)c1OC. The number of aromatic nitrogens is 2. The number of hydrogen-bond donors (Lipinski definition) is 1. The first-order valence-electron chi connectivity index (χ1n) is 8.16. The largest absolute Gasteiger partial charge is 0.493 e. The van der Waals surface area contributed by atoms with E-state index in [-0.39, 0.29) is 0 Å². The van der Waals surface area contributed by atoms with E-state index in [1.165, 1.54) is 0 Å². The summed E-state index contributed by atoms with van der Waals surface area (Å²) in [7, 11) is 4.78. The van der Waals surface area contributed by atoms with Gasteiger partial charge >= 0.3 is 0 Å². The zero-order valence-corrected chi connectivity index (χ0v) is 15.0. The van der Waals surface area contributed by atoms with Crippen LogP contribution < -0.4 is 19.5 Å². The van der Waals surface area contributed by atoms with Crippen molar-refractivity contribution in [3.05, 3.63) is 60.3 Å². The molecule has 0 radical (unpaired) electrons. The Balaban J connectivity index is 1.79. The van der Waals surface area contributed by atoms with Crippen LogP contribution in [0.15, 0.2) is 54.7 Å². The van der Waals surface area contributed by atoms with Crippen LogP contribution in [-0.2, 0) is 6.54 Å². The van der Waals surface area contributed by atoms with Crippen molar-refractivity contribution in [3.63, 3.8) is 0 Å². The van der Waals surface area contributed by atoms with E-state index < -0.39 is 0 Å². The molecular formula is C20H21N3O3. The van der Waals surface area contributed by atoms with Crippen molar-refractivity contribution in [1.82, 2.24) is 9.97 Å². The minimum atomic E-state index is 0.523. The lowest BCUT2D eigenvalue weighted by molar-refractivity contribution is 0.324. The van der Waals surface area contributed by atoms with Crippen LogP contribution in [-0.4, -0.2) is 31.3 Å². The molecule has 6 heteroatoms. The maximum atomic E-state index is 5.38. The van der Waals surface area contributed by atoms with Gasteiger partial charge in [-0.3, -0.25) is 0 Å². The number of benzene rings is 2. The number of hydrogen-bond acceptors (Lipinski definition) is 6. The average molecular weight is 351 g/mol. The fourth-order valence-electron chi connectivity index (χ4n) is 2.63. The molecule has 0 aliphatic heterocycles. The van der Waals surface area contributed by atoms with Gasteiger partial charge in [0.05, 0.1) is 27.0 Å². The monoisotopic (exact) mass is 351 g/mol. The molecular weight excluding hydrogens is 330 g/mol. The van der Waals surface area contributed by atoms with Gasteiger partial charge in [0, 0.05) is 18.3 Å². The van der Waals surface area contributed by atoms with Crippen LogP contribution >= 0.6 is 0 Å². The molecule has 0 fully saturated rings. The smallest absolute Gasteiger partial charge is 0.223 e. The van der Waals surface area contributed by atoms with Crippen molar-refractivity contribution in [2.24, 2.45) is 0 Å². The number of rotatable bonds is 7. The van der Waals surface area contributed by atoms with Crippen LogP contribution in [0.25, 0.3) is 11.3 Å². The Kier molecular flexibility index (Phi) is 5.53. The summed E-state index contributed by atoms with van der Waals surface area (Å²) in [5.41, 5.74) is 2.88. The summed E-state index contributed by atoms with van der Waals surface area (Å²) in [5.74, 6) is 2.35. The van der Waals surface area contributed by atoms with Crippen molar-refractivity contribution in [2.75, 3.05) is 26.6 Å². The zero-order chi connectivity index (χ0) is 18.4. The highest BCUT2D eigenvalue weighted by Gasteiger charge is 2.13. The average Bonchev–Trinajstić information content (AvgIpc) is 2.72. The maximum absolute atomic E-state index is 5.38. The van der Waals surface area contributed by atoms with Gasteiger partial charge in [0.25, 0.3) is 0 Å². The van der Waals surface area contributed by atoms with Crippen LogP contribution in [0.2, 0.25) is 0 Å². The van der Waals surface area contributed by atoms with Gasteiger partial charge in [-0.15, -0.1) is 0 Å². The molecule has 0 unspecified atom stereocenters. The molecule has 26 heavy (non-hydrogen) atoms. The highest BCUT2D eigenvalue weighted by atomic mass is 16.5. The molecule has 0 bridgehead atoms. The topological polar surface area (TPSA) is 65.5 Å². The molecule has 1 aromatic heterocycles. The Morgan fingerprint density at radius 2 is 1.58 bits per heavy atom. The molecule has 0 atom stereocenters. The molecule has 3 rings (SSSR count). The molecule has 2 aromatic carbocycles. The minimum absolute atomic E-state index is 0.523. The number of nitrogens with zero attached hydrogens (tertiary/aromatic N) is 2. The Hall–Kier alpha value is -3.28. The molecule has 0 aliphatic rings. The molecule has 3 aromatic rings. The fraction of sp³-hybridized carbons (Fsp3) is 0.200. The van der Waals surface area contributed by atoms with Crippen molar-refractivity contribution in [3.8, 4) is 28.5 Å². The fourth-order valence-corrected chi connectivity index (χ4v) is 2.63. The standard InChI is InChI=1S/C20H21N3O3/c1-24-17-11-14(12-18(25-2)19(17)26-3)13-22-20-21-10-9-16(23-20)15-7-5-4-6-8-15/h4-12H,13H2,1-3H3,(H,21,22,23). The summed E-state index contributed by atoms with van der Waals surface area (Å²) < 4.78 is 16.1. The molecule has 1 N–H and O–H groups in total. The van der Waals surface area contributed by atoms with E-state index >= 15 is 0 Å². The Labute approximate surface area is 152 Å². The third-order valence-electron chi connectivity index (χ3n) is 3.90. The van der Waals surface area contributed by atoms with E-state index in [9.17, 15) is 0 Å². The van der Waals surface area contributed by atoms with E-state index in [0.717, 1.165) is 16.8 Å². The number of methoxy groups -OCH3 is 3. The second-order valence-corrected chi connectivity index (χ2v) is 5.52. The first-order chi connectivity index (χ1) is 12.7. The number of ether oxygens (including phenoxy) is 3. The van der Waals surface area contributed by atoms with Crippen molar-refractivity contribution in [1.29, 1.82) is 0 Å². The molecule has 0 saturated carbocycles. The maximum Gasteiger partial charge on any atom is 0.223 e. The lowest BCUT2D eigenvalue weighted by Crippen LogP contribution is -2.05. The molecule has 6 nitrogen and oxygen atoms in total. The lowest BCUT2D eigenvalue weighted by Gasteiger charge is -2.14. The van der Waals surface area contributed by atoms with Crippen LogP contribution in [0, 0.1) is 0 Å². The molecule has 0 aliphatic carbocycles. The van der Waals surface area contributed by atoms with Gasteiger partial charge < -0.3 is 19.5 Å². The summed E-state index contributed by atoms with van der Waals surface area (Å²) >= 11 is 0. The first-order valence-corrected chi connectivity index (χ1v) is 8.16. The van der Waals surface area contributed by atoms with E-state index in [4.69, 9.17) is 14.2 Å². The van der Waals surface area contributed by atoms with E-state index in [0.29, 0.717) is 29.7 Å². The summed E-state index contributed by atoms with van der Waals surface area (Å²) in [5, 5.41) is 3.24. The van der Waals surface area contributed by atoms with Crippen molar-refractivity contribution >= 4 is 5.95 Å². The highest BCUT2D eigenvalue weighted by molar-refractivity contribution is 5.60. The third-order valence-corrected chi connectivity index (χ3v) is 3.90. The molecule has 0 saturated heterocycles. The van der Waals surface area contributed by atoms with Crippen LogP contribution in [0.1, 0.15) is 5.56 Å². The van der Waals surface area contributed by atoms with Crippen molar-refractivity contribution < 1.29 is 14.2 Å². The second-order valence-electron chi connectivity index (χ2n) is 5.52. The Morgan fingerprint density at radius 1 is 0.885 bits per heavy atom. The third kappa shape index (κ3) is 3.85. The summed E-state index contributed by atoms with van der Waals surface area (Å²) in [6.07, 6.45) is 1.74. The number of nitrogens with one attached hydrogen (secondary N) is 1.